The van der Waals surface area contributed by atoms with Gasteiger partial charge in [-0.15, -0.1) is 22.7 Å². The molecule has 1 amide bonds. The zero-order chi connectivity index (χ0) is 17.6. The second kappa shape index (κ2) is 6.42. The number of alkyl halides is 2. The van der Waals surface area contributed by atoms with E-state index in [-0.39, 0.29) is 17.1 Å². The van der Waals surface area contributed by atoms with Crippen LogP contribution < -0.4 is 5.32 Å². The topological polar surface area (TPSA) is 54.9 Å². The molecule has 0 aromatic carbocycles. The molecule has 0 atom stereocenters. The molecule has 3 aromatic heterocycles. The SMILES string of the molecule is CC(=O)Nc1sc2c(c1-c1nc3c(C(F)F)nccc3s1)CCCC2. The van der Waals surface area contributed by atoms with Gasteiger partial charge in [0.2, 0.25) is 5.91 Å². The zero-order valence-electron chi connectivity index (χ0n) is 13.4. The van der Waals surface area contributed by atoms with Crippen molar-refractivity contribution in [3.05, 3.63) is 28.4 Å². The molecule has 25 heavy (non-hydrogen) atoms. The number of pyridine rings is 1. The van der Waals surface area contributed by atoms with Crippen LogP contribution in [0.25, 0.3) is 20.8 Å². The van der Waals surface area contributed by atoms with E-state index in [0.717, 1.165) is 36.2 Å². The summed E-state index contributed by atoms with van der Waals surface area (Å²) in [6.07, 6.45) is 2.86. The average Bonchev–Trinajstić information content (AvgIpc) is 3.13. The van der Waals surface area contributed by atoms with E-state index in [1.165, 1.54) is 34.9 Å². The minimum absolute atomic E-state index is 0.143. The summed E-state index contributed by atoms with van der Waals surface area (Å²) in [6, 6.07) is 1.71. The van der Waals surface area contributed by atoms with E-state index in [4.69, 9.17) is 0 Å². The quantitative estimate of drug-likeness (QED) is 0.681. The molecule has 1 N–H and O–H groups in total. The van der Waals surface area contributed by atoms with Crippen molar-refractivity contribution in [3.8, 4) is 10.6 Å². The van der Waals surface area contributed by atoms with Crippen molar-refractivity contribution >= 4 is 43.8 Å². The Morgan fingerprint density at radius 2 is 2.08 bits per heavy atom. The third kappa shape index (κ3) is 2.93. The Hall–Kier alpha value is -1.93. The number of thiophene rings is 1. The molecule has 0 saturated carbocycles. The maximum atomic E-state index is 13.2. The normalized spacial score (nSPS) is 14.1. The second-order valence-corrected chi connectivity index (χ2v) is 8.09. The minimum Gasteiger partial charge on any atom is -0.317 e. The Labute approximate surface area is 150 Å². The number of aromatic nitrogens is 2. The molecule has 3 heterocycles. The summed E-state index contributed by atoms with van der Waals surface area (Å²) < 4.78 is 27.1. The monoisotopic (exact) mass is 379 g/mol. The first-order chi connectivity index (χ1) is 12.0. The number of hydrogen-bond acceptors (Lipinski definition) is 5. The van der Waals surface area contributed by atoms with Crippen LogP contribution in [0.3, 0.4) is 0 Å². The van der Waals surface area contributed by atoms with Crippen LogP contribution >= 0.6 is 22.7 Å². The predicted octanol–water partition coefficient (Wildman–Crippen LogP) is 5.19. The Morgan fingerprint density at radius 3 is 2.84 bits per heavy atom. The number of halogens is 2. The fourth-order valence-electron chi connectivity index (χ4n) is 3.18. The Balaban J connectivity index is 1.92. The summed E-state index contributed by atoms with van der Waals surface area (Å²) in [6.45, 7) is 1.47. The Bertz CT molecular complexity index is 964. The van der Waals surface area contributed by atoms with Gasteiger partial charge in [0, 0.05) is 23.6 Å². The molecule has 0 saturated heterocycles. The molecule has 0 radical (unpaired) electrons. The summed E-state index contributed by atoms with van der Waals surface area (Å²) >= 11 is 2.95. The van der Waals surface area contributed by atoms with Gasteiger partial charge in [-0.05, 0) is 37.3 Å². The highest BCUT2D eigenvalue weighted by Gasteiger charge is 2.26. The molecular formula is C17H15F2N3OS2. The first-order valence-electron chi connectivity index (χ1n) is 8.00. The zero-order valence-corrected chi connectivity index (χ0v) is 15.1. The van der Waals surface area contributed by atoms with Gasteiger partial charge in [0.05, 0.1) is 4.70 Å². The van der Waals surface area contributed by atoms with Gasteiger partial charge in [-0.3, -0.25) is 9.78 Å². The van der Waals surface area contributed by atoms with E-state index in [2.05, 4.69) is 15.3 Å². The molecule has 3 aromatic rings. The summed E-state index contributed by atoms with van der Waals surface area (Å²) in [5, 5.41) is 4.34. The smallest absolute Gasteiger partial charge is 0.282 e. The molecule has 4 nitrogen and oxygen atoms in total. The van der Waals surface area contributed by atoms with E-state index in [9.17, 15) is 13.6 Å². The number of carbonyl (C=O) groups excluding carboxylic acids is 1. The number of anilines is 1. The lowest BCUT2D eigenvalue weighted by Gasteiger charge is -2.11. The van der Waals surface area contributed by atoms with Crippen LogP contribution in [-0.4, -0.2) is 15.9 Å². The predicted molar refractivity (Wildman–Crippen MR) is 96.6 cm³/mol. The van der Waals surface area contributed by atoms with Crippen LogP contribution in [0.4, 0.5) is 13.8 Å². The number of hydrogen-bond donors (Lipinski definition) is 1. The van der Waals surface area contributed by atoms with E-state index < -0.39 is 6.43 Å². The fourth-order valence-corrected chi connectivity index (χ4v) is 5.63. The van der Waals surface area contributed by atoms with Crippen LogP contribution in [0.2, 0.25) is 0 Å². The molecule has 0 bridgehead atoms. The molecule has 0 unspecified atom stereocenters. The van der Waals surface area contributed by atoms with Crippen molar-refractivity contribution in [1.29, 1.82) is 0 Å². The van der Waals surface area contributed by atoms with Gasteiger partial charge >= 0.3 is 0 Å². The van der Waals surface area contributed by atoms with Crippen LogP contribution in [0.15, 0.2) is 12.3 Å². The lowest BCUT2D eigenvalue weighted by molar-refractivity contribution is -0.114. The number of nitrogens with one attached hydrogen (secondary N) is 1. The van der Waals surface area contributed by atoms with Crippen molar-refractivity contribution in [2.24, 2.45) is 0 Å². The third-order valence-electron chi connectivity index (χ3n) is 4.22. The second-order valence-electron chi connectivity index (χ2n) is 5.96. The fraction of sp³-hybridized carbons (Fsp3) is 0.353. The van der Waals surface area contributed by atoms with Crippen LogP contribution in [0.1, 0.15) is 42.3 Å². The van der Waals surface area contributed by atoms with Crippen molar-refractivity contribution in [1.82, 2.24) is 9.97 Å². The lowest BCUT2D eigenvalue weighted by Crippen LogP contribution is -2.05. The van der Waals surface area contributed by atoms with Gasteiger partial charge in [-0.1, -0.05) is 0 Å². The highest BCUT2D eigenvalue weighted by atomic mass is 32.1. The molecule has 0 aliphatic heterocycles. The van der Waals surface area contributed by atoms with Gasteiger partial charge in [-0.25, -0.2) is 13.8 Å². The molecule has 130 valence electrons. The van der Waals surface area contributed by atoms with Crippen molar-refractivity contribution < 1.29 is 13.6 Å². The third-order valence-corrected chi connectivity index (χ3v) is 6.46. The van der Waals surface area contributed by atoms with E-state index in [0.29, 0.717) is 9.71 Å². The van der Waals surface area contributed by atoms with Crippen LogP contribution in [-0.2, 0) is 17.6 Å². The minimum atomic E-state index is -2.66. The number of nitrogens with zero attached hydrogens (tertiary/aromatic N) is 2. The molecule has 1 aliphatic rings. The number of amides is 1. The van der Waals surface area contributed by atoms with Gasteiger partial charge in [0.25, 0.3) is 6.43 Å². The molecule has 8 heteroatoms. The van der Waals surface area contributed by atoms with Gasteiger partial charge in [-0.2, -0.15) is 0 Å². The van der Waals surface area contributed by atoms with Gasteiger partial charge in [0.1, 0.15) is 21.2 Å². The van der Waals surface area contributed by atoms with Crippen molar-refractivity contribution in [2.45, 2.75) is 39.0 Å². The van der Waals surface area contributed by atoms with Crippen LogP contribution in [0, 0.1) is 0 Å². The Kier molecular flexibility index (Phi) is 4.24. The van der Waals surface area contributed by atoms with E-state index in [1.807, 2.05) is 0 Å². The van der Waals surface area contributed by atoms with Crippen molar-refractivity contribution in [3.63, 3.8) is 0 Å². The number of carbonyl (C=O) groups is 1. The van der Waals surface area contributed by atoms with Crippen LogP contribution in [0.5, 0.6) is 0 Å². The van der Waals surface area contributed by atoms with Gasteiger partial charge < -0.3 is 5.32 Å². The van der Waals surface area contributed by atoms with Crippen molar-refractivity contribution in [2.75, 3.05) is 5.32 Å². The summed E-state index contributed by atoms with van der Waals surface area (Å²) in [4.78, 5) is 21.1. The largest absolute Gasteiger partial charge is 0.317 e. The first-order valence-corrected chi connectivity index (χ1v) is 9.64. The number of rotatable bonds is 3. The summed E-state index contributed by atoms with van der Waals surface area (Å²) in [5.74, 6) is -0.143. The molecule has 0 fully saturated rings. The molecule has 0 spiro atoms. The Morgan fingerprint density at radius 1 is 1.28 bits per heavy atom. The number of fused-ring (bicyclic) bond motifs is 2. The van der Waals surface area contributed by atoms with Gasteiger partial charge in [0.15, 0.2) is 0 Å². The number of thiazole rings is 1. The highest BCUT2D eigenvalue weighted by molar-refractivity contribution is 7.23. The highest BCUT2D eigenvalue weighted by Crippen LogP contribution is 2.46. The summed E-state index contributed by atoms with van der Waals surface area (Å²) in [7, 11) is 0. The number of aryl methyl sites for hydroxylation is 1. The van der Waals surface area contributed by atoms with E-state index in [1.54, 1.807) is 17.4 Å². The molecule has 4 rings (SSSR count). The lowest BCUT2D eigenvalue weighted by atomic mass is 9.96. The maximum Gasteiger partial charge on any atom is 0.282 e. The first kappa shape index (κ1) is 16.5. The average molecular weight is 379 g/mol. The maximum absolute atomic E-state index is 13.2. The standard InChI is InChI=1S/C17H15F2N3OS2/c1-8(23)21-16-12(9-4-2-3-5-10(9)24-16)17-22-13-11(25-17)6-7-20-14(13)15(18)19/h6-7,15H,2-5H2,1H3,(H,21,23). The summed E-state index contributed by atoms with van der Waals surface area (Å²) in [5.41, 5.74) is 2.06. The molecule has 1 aliphatic carbocycles. The van der Waals surface area contributed by atoms with E-state index >= 15 is 0 Å². The molecular weight excluding hydrogens is 364 g/mol.